The number of aliphatic hydroxyl groups is 1. The van der Waals surface area contributed by atoms with Crippen LogP contribution in [0.3, 0.4) is 0 Å². The first-order chi connectivity index (χ1) is 31.2. The zero-order valence-corrected chi connectivity index (χ0v) is 37.4. The van der Waals surface area contributed by atoms with Gasteiger partial charge in [-0.15, -0.1) is 0 Å². The van der Waals surface area contributed by atoms with Crippen LogP contribution >= 0.6 is 11.8 Å². The monoisotopic (exact) mass is 924 g/mol. The van der Waals surface area contributed by atoms with Crippen LogP contribution in [-0.4, -0.2) is 156 Å². The number of carboxylic acids is 1. The normalized spacial score (nSPS) is 16.7. The van der Waals surface area contributed by atoms with Gasteiger partial charge in [0.25, 0.3) is 0 Å². The van der Waals surface area contributed by atoms with Crippen LogP contribution in [0, 0.1) is 5.92 Å². The van der Waals surface area contributed by atoms with Crippen LogP contribution in [0.25, 0.3) is 0 Å². The molecule has 1 aliphatic rings. The van der Waals surface area contributed by atoms with Gasteiger partial charge in [0.05, 0.1) is 25.8 Å². The number of likely N-dealkylation sites (tertiary alicyclic amines) is 1. The number of aromatic amines is 2. The minimum atomic E-state index is -1.62. The number of H-pyrrole nitrogens is 2. The third kappa shape index (κ3) is 15.4. The zero-order valence-electron chi connectivity index (χ0n) is 36.6. The number of thioether (sulfide) groups is 1. The molecule has 23 heteroatoms. The van der Waals surface area contributed by atoms with Crippen molar-refractivity contribution in [3.8, 4) is 0 Å². The lowest BCUT2D eigenvalue weighted by Gasteiger charge is -2.31. The minimum absolute atomic E-state index is 0.0162. The van der Waals surface area contributed by atoms with E-state index < -0.39 is 102 Å². The molecule has 0 spiro atoms. The minimum Gasteiger partial charge on any atom is -0.480 e. The molecule has 1 saturated heterocycles. The molecular weight excluding hydrogens is 865 g/mol. The van der Waals surface area contributed by atoms with Crippen LogP contribution in [0.5, 0.6) is 0 Å². The fraction of sp³-hybridized carbons (Fsp3) is 0.524. The Hall–Kier alpha value is -6.33. The van der Waals surface area contributed by atoms with Gasteiger partial charge in [-0.1, -0.05) is 50.6 Å². The maximum absolute atomic E-state index is 14.4. The summed E-state index contributed by atoms with van der Waals surface area (Å²) in [6.45, 7) is 2.33. The van der Waals surface area contributed by atoms with E-state index in [1.165, 1.54) is 41.7 Å². The smallest absolute Gasteiger partial charge is 0.326 e. The summed E-state index contributed by atoms with van der Waals surface area (Å²) in [6.07, 6.45) is 8.57. The molecule has 8 atom stereocenters. The van der Waals surface area contributed by atoms with Crippen molar-refractivity contribution in [2.45, 2.75) is 101 Å². The predicted octanol–water partition coefficient (Wildman–Crippen LogP) is -2.10. The van der Waals surface area contributed by atoms with Gasteiger partial charge >= 0.3 is 5.97 Å². The largest absolute Gasteiger partial charge is 0.480 e. The Morgan fingerprint density at radius 2 is 1.40 bits per heavy atom. The van der Waals surface area contributed by atoms with Crippen LogP contribution in [0.1, 0.15) is 56.5 Å². The van der Waals surface area contributed by atoms with E-state index in [0.717, 1.165) is 0 Å². The summed E-state index contributed by atoms with van der Waals surface area (Å²) < 4.78 is 0. The molecular formula is C42H60N12O10S. The highest BCUT2D eigenvalue weighted by atomic mass is 32.2. The number of nitrogens with zero attached hydrogens (tertiary/aromatic N) is 3. The molecule has 0 saturated carbocycles. The molecule has 354 valence electrons. The maximum atomic E-state index is 14.4. The van der Waals surface area contributed by atoms with Crippen LogP contribution in [-0.2, 0) is 57.6 Å². The first kappa shape index (κ1) is 51.3. The van der Waals surface area contributed by atoms with Gasteiger partial charge in [-0.3, -0.25) is 33.6 Å². The molecule has 2 aromatic heterocycles. The summed E-state index contributed by atoms with van der Waals surface area (Å²) in [6, 6.07) is -0.0796. The molecule has 1 fully saturated rings. The van der Waals surface area contributed by atoms with E-state index in [1.54, 1.807) is 44.2 Å². The predicted molar refractivity (Wildman–Crippen MR) is 237 cm³/mol. The van der Waals surface area contributed by atoms with Crippen molar-refractivity contribution < 1.29 is 48.6 Å². The van der Waals surface area contributed by atoms with E-state index in [1.807, 2.05) is 6.26 Å². The van der Waals surface area contributed by atoms with Crippen molar-refractivity contribution >= 4 is 59.1 Å². The topological polar surface area (TPSA) is 336 Å². The van der Waals surface area contributed by atoms with Crippen molar-refractivity contribution in [1.82, 2.24) is 56.7 Å². The second-order valence-corrected chi connectivity index (χ2v) is 16.7. The maximum Gasteiger partial charge on any atom is 0.326 e. The number of carbonyl (C=O) groups is 8. The zero-order chi connectivity index (χ0) is 47.5. The molecule has 4 rings (SSSR count). The second kappa shape index (κ2) is 25.8. The number of nitrogens with one attached hydrogen (secondary N) is 8. The molecule has 0 aliphatic carbocycles. The van der Waals surface area contributed by atoms with Crippen molar-refractivity contribution in [2.75, 3.05) is 31.7 Å². The summed E-state index contributed by atoms with van der Waals surface area (Å²) in [5, 5.41) is 35.9. The number of amides is 7. The number of rotatable bonds is 26. The summed E-state index contributed by atoms with van der Waals surface area (Å²) in [4.78, 5) is 123. The Labute approximate surface area is 380 Å². The van der Waals surface area contributed by atoms with Gasteiger partial charge in [0.1, 0.15) is 42.3 Å². The summed E-state index contributed by atoms with van der Waals surface area (Å²) in [5.41, 5.74) is 7.06. The highest BCUT2D eigenvalue weighted by Crippen LogP contribution is 2.21. The number of imidazole rings is 2. The highest BCUT2D eigenvalue weighted by Gasteiger charge is 2.41. The molecule has 3 heterocycles. The van der Waals surface area contributed by atoms with E-state index in [4.69, 9.17) is 5.73 Å². The Bertz CT molecular complexity index is 2040. The van der Waals surface area contributed by atoms with E-state index in [2.05, 4.69) is 51.8 Å². The number of carbonyl (C=O) groups excluding carboxylic acids is 7. The molecule has 7 amide bonds. The van der Waals surface area contributed by atoms with Crippen LogP contribution in [0.4, 0.5) is 0 Å². The fourth-order valence-electron chi connectivity index (χ4n) is 7.18. The third-order valence-electron chi connectivity index (χ3n) is 11.0. The lowest BCUT2D eigenvalue weighted by molar-refractivity contribution is -0.145. The van der Waals surface area contributed by atoms with E-state index in [-0.39, 0.29) is 45.2 Å². The molecule has 3 aromatic rings. The lowest BCUT2D eigenvalue weighted by atomic mass is 9.97. The van der Waals surface area contributed by atoms with Crippen molar-refractivity contribution in [1.29, 1.82) is 0 Å². The molecule has 0 unspecified atom stereocenters. The van der Waals surface area contributed by atoms with Gasteiger partial charge in [-0.25, -0.2) is 14.8 Å². The number of hydrogen-bond donors (Lipinski definition) is 11. The number of hydrogen-bond acceptors (Lipinski definition) is 13. The van der Waals surface area contributed by atoms with Crippen molar-refractivity contribution in [2.24, 2.45) is 11.7 Å². The number of benzene rings is 1. The second-order valence-electron chi connectivity index (χ2n) is 15.7. The molecule has 12 N–H and O–H groups in total. The summed E-state index contributed by atoms with van der Waals surface area (Å²) in [7, 11) is 0. The highest BCUT2D eigenvalue weighted by molar-refractivity contribution is 7.98. The van der Waals surface area contributed by atoms with Crippen LogP contribution < -0.4 is 37.6 Å². The standard InChI is InChI=1S/C42H60N12O10S/c1-4-24(2)35(53-38(59)32(21-55)52-37(58)29(16-26-19-44-22-46-26)49-36(57)28(12-14-65-3)48-34(56)18-43)40(61)50-30(17-27-20-45-23-47-27)41(62)54-13-8-11-33(54)39(60)51-31(42(63)64)15-25-9-6-5-7-10-25/h5-7,9-10,19-20,22-24,28-33,35,55H,4,8,11-18,21,43H2,1-3H3,(H,44,46)(H,45,47)(H,48,56)(H,49,57)(H,50,61)(H,51,60)(H,52,58)(H,53,59)(H,63,64)/t24-,28-,29-,30-,31-,32-,33-,35-/m0/s1. The average molecular weight is 925 g/mol. The Morgan fingerprint density at radius 1 is 0.800 bits per heavy atom. The number of carboxylic acid groups (broad SMARTS) is 1. The quantitative estimate of drug-likeness (QED) is 0.0411. The molecule has 65 heavy (non-hydrogen) atoms. The summed E-state index contributed by atoms with van der Waals surface area (Å²) >= 11 is 1.44. The van der Waals surface area contributed by atoms with E-state index in [9.17, 15) is 48.6 Å². The van der Waals surface area contributed by atoms with Gasteiger partial charge in [0.2, 0.25) is 41.4 Å². The third-order valence-corrected chi connectivity index (χ3v) is 11.6. The Kier molecular flexibility index (Phi) is 20.4. The number of aliphatic carboxylic acids is 1. The molecule has 0 bridgehead atoms. The molecule has 1 aliphatic heterocycles. The van der Waals surface area contributed by atoms with Gasteiger partial charge in [0, 0.05) is 49.6 Å². The number of aromatic nitrogens is 4. The van der Waals surface area contributed by atoms with Gasteiger partial charge in [0.15, 0.2) is 0 Å². The fourth-order valence-corrected chi connectivity index (χ4v) is 7.65. The van der Waals surface area contributed by atoms with E-state index >= 15 is 0 Å². The van der Waals surface area contributed by atoms with Crippen LogP contribution in [0.15, 0.2) is 55.4 Å². The van der Waals surface area contributed by atoms with Crippen LogP contribution in [0.2, 0.25) is 0 Å². The first-order valence-corrected chi connectivity index (χ1v) is 22.7. The van der Waals surface area contributed by atoms with Gasteiger partial charge < -0.3 is 62.7 Å². The average Bonchev–Trinajstić information content (AvgIpc) is 4.12. The van der Waals surface area contributed by atoms with Crippen molar-refractivity contribution in [3.63, 3.8) is 0 Å². The first-order valence-electron chi connectivity index (χ1n) is 21.3. The molecule has 1 aromatic carbocycles. The van der Waals surface area contributed by atoms with Gasteiger partial charge in [-0.2, -0.15) is 11.8 Å². The van der Waals surface area contributed by atoms with E-state index in [0.29, 0.717) is 35.5 Å². The Balaban J connectivity index is 1.50. The van der Waals surface area contributed by atoms with Gasteiger partial charge in [-0.05, 0) is 42.8 Å². The number of nitrogens with two attached hydrogens (primary N) is 1. The SMILES string of the molecule is CC[C@H](C)[C@H](NC(=O)[C@H](CO)NC(=O)[C@H](Cc1cnc[nH]1)NC(=O)[C@H](CCSC)NC(=O)CN)C(=O)N[C@@H](Cc1cnc[nH]1)C(=O)N1CCC[C@H]1C(=O)N[C@@H](Cc1ccccc1)C(=O)O. The molecule has 22 nitrogen and oxygen atoms in total. The Morgan fingerprint density at radius 3 is 1.97 bits per heavy atom. The number of aliphatic hydroxyl groups excluding tert-OH is 1. The summed E-state index contributed by atoms with van der Waals surface area (Å²) in [5.74, 6) is -6.44. The lowest BCUT2D eigenvalue weighted by Crippen LogP contribution is -2.62. The molecule has 0 radical (unpaired) electrons. The van der Waals surface area contributed by atoms with Crippen molar-refractivity contribution in [3.05, 3.63) is 72.3 Å².